The average molecular weight is 330 g/mol. The fourth-order valence-corrected chi connectivity index (χ4v) is 3.12. The molecule has 1 aromatic carbocycles. The second kappa shape index (κ2) is 6.78. The van der Waals surface area contributed by atoms with E-state index in [1.165, 1.54) is 37.5 Å². The lowest BCUT2D eigenvalue weighted by Gasteiger charge is -2.22. The number of rotatable bonds is 4. The highest BCUT2D eigenvalue weighted by molar-refractivity contribution is 7.13. The number of hydrogen-bond acceptors (Lipinski definition) is 4. The summed E-state index contributed by atoms with van der Waals surface area (Å²) in [5, 5.41) is 10.8. The lowest BCUT2D eigenvalue weighted by Crippen LogP contribution is -2.19. The summed E-state index contributed by atoms with van der Waals surface area (Å²) in [7, 11) is 0. The maximum Gasteiger partial charge on any atom is 0.325 e. The number of nitrogens with one attached hydrogen (secondary N) is 3. The molecule has 0 atom stereocenters. The van der Waals surface area contributed by atoms with Crippen molar-refractivity contribution >= 4 is 39.8 Å². The molecule has 2 aromatic rings. The quantitative estimate of drug-likeness (QED) is 0.792. The van der Waals surface area contributed by atoms with Gasteiger partial charge in [0.15, 0.2) is 5.13 Å². The summed E-state index contributed by atoms with van der Waals surface area (Å²) in [6.07, 6.45) is 3.64. The van der Waals surface area contributed by atoms with Crippen LogP contribution in [-0.2, 0) is 4.79 Å². The highest BCUT2D eigenvalue weighted by atomic mass is 32.1. The number of thiazole rings is 1. The molecule has 1 aliphatic carbocycles. The van der Waals surface area contributed by atoms with Crippen LogP contribution >= 0.6 is 11.3 Å². The molecule has 0 spiro atoms. The number of urea groups is 1. The van der Waals surface area contributed by atoms with Gasteiger partial charge in [0.05, 0.1) is 5.69 Å². The minimum absolute atomic E-state index is 0.130. The number of amides is 3. The molecule has 1 aliphatic rings. The van der Waals surface area contributed by atoms with Gasteiger partial charge in [-0.25, -0.2) is 9.78 Å². The summed E-state index contributed by atoms with van der Waals surface area (Å²) in [5.41, 5.74) is 2.41. The molecule has 1 saturated carbocycles. The fourth-order valence-electron chi connectivity index (χ4n) is 2.33. The number of nitrogens with zero attached hydrogens (tertiary/aromatic N) is 1. The Balaban J connectivity index is 1.54. The molecule has 1 heterocycles. The molecule has 3 N–H and O–H groups in total. The molecule has 7 heteroatoms. The van der Waals surface area contributed by atoms with Crippen molar-refractivity contribution in [2.45, 2.75) is 32.1 Å². The Bertz CT molecular complexity index is 707. The van der Waals surface area contributed by atoms with Gasteiger partial charge in [-0.2, -0.15) is 0 Å². The Morgan fingerprint density at radius 2 is 1.74 bits per heavy atom. The molecule has 0 bridgehead atoms. The van der Waals surface area contributed by atoms with Gasteiger partial charge in [0, 0.05) is 29.6 Å². The molecule has 1 aromatic heterocycles. The Hall–Kier alpha value is -2.41. The number of hydrogen-bond donors (Lipinski definition) is 3. The first kappa shape index (κ1) is 15.5. The van der Waals surface area contributed by atoms with Crippen molar-refractivity contribution in [3.05, 3.63) is 35.3 Å². The molecular formula is C16H18N4O2S. The van der Waals surface area contributed by atoms with E-state index in [1.807, 2.05) is 5.38 Å². The van der Waals surface area contributed by atoms with Gasteiger partial charge in [0.25, 0.3) is 0 Å². The first-order valence-electron chi connectivity index (χ1n) is 7.51. The maximum absolute atomic E-state index is 12.0. The van der Waals surface area contributed by atoms with E-state index < -0.39 is 0 Å². The number of anilines is 3. The van der Waals surface area contributed by atoms with Gasteiger partial charge in [-0.3, -0.25) is 10.1 Å². The maximum atomic E-state index is 12.0. The van der Waals surface area contributed by atoms with Gasteiger partial charge < -0.3 is 10.6 Å². The zero-order chi connectivity index (χ0) is 16.2. The van der Waals surface area contributed by atoms with E-state index in [-0.39, 0.29) is 11.9 Å². The van der Waals surface area contributed by atoms with Crippen LogP contribution in [-0.4, -0.2) is 16.9 Å². The third-order valence-electron chi connectivity index (χ3n) is 3.73. The molecule has 120 valence electrons. The summed E-state index contributed by atoms with van der Waals surface area (Å²) >= 11 is 1.44. The predicted molar refractivity (Wildman–Crippen MR) is 92.1 cm³/mol. The standard InChI is InChI=1S/C16H18N4O2S/c1-10(21)17-12-5-7-13(8-6-12)18-15(22)20-16-19-14(9-23-16)11-3-2-4-11/h5-9,11H,2-4H2,1H3,(H,17,21)(H2,18,19,20,22). The first-order chi connectivity index (χ1) is 11.1. The fraction of sp³-hybridized carbons (Fsp3) is 0.312. The van der Waals surface area contributed by atoms with E-state index in [1.54, 1.807) is 24.3 Å². The SMILES string of the molecule is CC(=O)Nc1ccc(NC(=O)Nc2nc(C3CCC3)cs2)cc1. The number of carbonyl (C=O) groups excluding carboxylic acids is 2. The van der Waals surface area contributed by atoms with Gasteiger partial charge in [0.2, 0.25) is 5.91 Å². The summed E-state index contributed by atoms with van der Waals surface area (Å²) < 4.78 is 0. The smallest absolute Gasteiger partial charge is 0.325 e. The van der Waals surface area contributed by atoms with Crippen molar-refractivity contribution in [1.29, 1.82) is 0 Å². The van der Waals surface area contributed by atoms with E-state index in [9.17, 15) is 9.59 Å². The minimum atomic E-state index is -0.327. The van der Waals surface area contributed by atoms with Crippen molar-refractivity contribution in [3.8, 4) is 0 Å². The minimum Gasteiger partial charge on any atom is -0.326 e. The second-order valence-electron chi connectivity index (χ2n) is 5.54. The van der Waals surface area contributed by atoms with Crippen LogP contribution in [0, 0.1) is 0 Å². The van der Waals surface area contributed by atoms with E-state index in [2.05, 4.69) is 20.9 Å². The predicted octanol–water partition coefficient (Wildman–Crippen LogP) is 4.01. The zero-order valence-electron chi connectivity index (χ0n) is 12.8. The molecule has 3 amide bonds. The molecule has 0 saturated heterocycles. The van der Waals surface area contributed by atoms with Gasteiger partial charge in [-0.05, 0) is 37.1 Å². The van der Waals surface area contributed by atoms with Crippen molar-refractivity contribution in [1.82, 2.24) is 4.98 Å². The van der Waals surface area contributed by atoms with Crippen LogP contribution in [0.1, 0.15) is 37.8 Å². The van der Waals surface area contributed by atoms with Crippen molar-refractivity contribution in [2.75, 3.05) is 16.0 Å². The molecular weight excluding hydrogens is 312 g/mol. The summed E-state index contributed by atoms with van der Waals surface area (Å²) in [4.78, 5) is 27.4. The van der Waals surface area contributed by atoms with Gasteiger partial charge in [-0.15, -0.1) is 11.3 Å². The van der Waals surface area contributed by atoms with Crippen LogP contribution in [0.4, 0.5) is 21.3 Å². The molecule has 3 rings (SSSR count). The summed E-state index contributed by atoms with van der Waals surface area (Å²) in [6.45, 7) is 1.45. The van der Waals surface area contributed by atoms with Gasteiger partial charge in [0.1, 0.15) is 0 Å². The van der Waals surface area contributed by atoms with Gasteiger partial charge in [-0.1, -0.05) is 6.42 Å². The van der Waals surface area contributed by atoms with Gasteiger partial charge >= 0.3 is 6.03 Å². The van der Waals surface area contributed by atoms with E-state index in [0.29, 0.717) is 22.4 Å². The van der Waals surface area contributed by atoms with E-state index in [0.717, 1.165) is 5.69 Å². The summed E-state index contributed by atoms with van der Waals surface area (Å²) in [5.74, 6) is 0.431. The Kier molecular flexibility index (Phi) is 4.57. The lowest BCUT2D eigenvalue weighted by atomic mass is 9.83. The largest absolute Gasteiger partial charge is 0.326 e. The highest BCUT2D eigenvalue weighted by Crippen LogP contribution is 2.37. The first-order valence-corrected chi connectivity index (χ1v) is 8.39. The zero-order valence-corrected chi connectivity index (χ0v) is 13.6. The van der Waals surface area contributed by atoms with E-state index >= 15 is 0 Å². The van der Waals surface area contributed by atoms with Crippen LogP contribution in [0.3, 0.4) is 0 Å². The number of carbonyl (C=O) groups is 2. The molecule has 0 aliphatic heterocycles. The third-order valence-corrected chi connectivity index (χ3v) is 4.50. The highest BCUT2D eigenvalue weighted by Gasteiger charge is 2.22. The van der Waals surface area contributed by atoms with Crippen LogP contribution in [0.15, 0.2) is 29.6 Å². The molecule has 0 radical (unpaired) electrons. The number of benzene rings is 1. The molecule has 1 fully saturated rings. The van der Waals surface area contributed by atoms with Crippen LogP contribution in [0.5, 0.6) is 0 Å². The summed E-state index contributed by atoms with van der Waals surface area (Å²) in [6, 6.07) is 6.59. The van der Waals surface area contributed by atoms with Crippen molar-refractivity contribution in [3.63, 3.8) is 0 Å². The number of aromatic nitrogens is 1. The molecule has 6 nitrogen and oxygen atoms in total. The molecule has 0 unspecified atom stereocenters. The molecule has 23 heavy (non-hydrogen) atoms. The Morgan fingerprint density at radius 1 is 1.09 bits per heavy atom. The van der Waals surface area contributed by atoms with Crippen molar-refractivity contribution in [2.24, 2.45) is 0 Å². The Morgan fingerprint density at radius 3 is 2.30 bits per heavy atom. The van der Waals surface area contributed by atoms with Crippen LogP contribution in [0.25, 0.3) is 0 Å². The lowest BCUT2D eigenvalue weighted by molar-refractivity contribution is -0.114. The van der Waals surface area contributed by atoms with Crippen LogP contribution in [0.2, 0.25) is 0 Å². The van der Waals surface area contributed by atoms with Crippen LogP contribution < -0.4 is 16.0 Å². The average Bonchev–Trinajstić information content (AvgIpc) is 2.86. The monoisotopic (exact) mass is 330 g/mol. The Labute approximate surface area is 138 Å². The second-order valence-corrected chi connectivity index (χ2v) is 6.40. The third kappa shape index (κ3) is 4.07. The van der Waals surface area contributed by atoms with Crippen molar-refractivity contribution < 1.29 is 9.59 Å². The van der Waals surface area contributed by atoms with E-state index in [4.69, 9.17) is 0 Å². The topological polar surface area (TPSA) is 83.1 Å². The normalized spacial score (nSPS) is 14.0.